The summed E-state index contributed by atoms with van der Waals surface area (Å²) in [5, 5.41) is 3.07. The van der Waals surface area contributed by atoms with Crippen LogP contribution >= 0.6 is 0 Å². The summed E-state index contributed by atoms with van der Waals surface area (Å²) in [4.78, 5) is 12.1. The van der Waals surface area contributed by atoms with Crippen molar-refractivity contribution in [3.05, 3.63) is 29.3 Å². The maximum absolute atomic E-state index is 12.1. The first-order chi connectivity index (χ1) is 8.62. The molecule has 1 aromatic carbocycles. The van der Waals surface area contributed by atoms with E-state index in [4.69, 9.17) is 5.84 Å². The molecule has 4 heteroatoms. The number of nitrogen functional groups attached to an aromatic ring is 1. The quantitative estimate of drug-likeness (QED) is 0.536. The molecule has 0 saturated carbocycles. The first-order valence-electron chi connectivity index (χ1n) is 6.50. The van der Waals surface area contributed by atoms with E-state index in [1.54, 1.807) is 6.07 Å². The lowest BCUT2D eigenvalue weighted by molar-refractivity contribution is 0.0933. The number of nitrogens with one attached hydrogen (secondary N) is 2. The third-order valence-electron chi connectivity index (χ3n) is 3.10. The van der Waals surface area contributed by atoms with E-state index in [0.29, 0.717) is 5.56 Å². The molecule has 0 aliphatic carbocycles. The second kappa shape index (κ2) is 7.01. The van der Waals surface area contributed by atoms with Gasteiger partial charge in [0.15, 0.2) is 0 Å². The van der Waals surface area contributed by atoms with Gasteiger partial charge in [-0.15, -0.1) is 0 Å². The van der Waals surface area contributed by atoms with Gasteiger partial charge in [0.05, 0.1) is 0 Å². The van der Waals surface area contributed by atoms with E-state index in [1.165, 1.54) is 0 Å². The number of hydrogen-bond acceptors (Lipinski definition) is 3. The van der Waals surface area contributed by atoms with Gasteiger partial charge >= 0.3 is 0 Å². The van der Waals surface area contributed by atoms with Gasteiger partial charge in [-0.2, -0.15) is 0 Å². The van der Waals surface area contributed by atoms with E-state index < -0.39 is 0 Å². The zero-order valence-corrected chi connectivity index (χ0v) is 11.4. The SMILES string of the molecule is CCCC(CC)NC(=O)c1ccc(NN)cc1C. The molecule has 100 valence electrons. The first-order valence-corrected chi connectivity index (χ1v) is 6.50. The number of nitrogens with two attached hydrogens (primary N) is 1. The molecule has 1 rings (SSSR count). The fraction of sp³-hybridized carbons (Fsp3) is 0.500. The molecule has 1 amide bonds. The molecule has 0 radical (unpaired) electrons. The van der Waals surface area contributed by atoms with Crippen molar-refractivity contribution in [2.24, 2.45) is 5.84 Å². The third kappa shape index (κ3) is 3.74. The number of rotatable bonds is 6. The van der Waals surface area contributed by atoms with Gasteiger partial charge in [0.1, 0.15) is 0 Å². The highest BCUT2D eigenvalue weighted by Crippen LogP contribution is 2.15. The minimum Gasteiger partial charge on any atom is -0.349 e. The number of carbonyl (C=O) groups is 1. The normalized spacial score (nSPS) is 12.0. The van der Waals surface area contributed by atoms with Crippen LogP contribution in [0.2, 0.25) is 0 Å². The van der Waals surface area contributed by atoms with Gasteiger partial charge < -0.3 is 10.7 Å². The molecule has 4 N–H and O–H groups in total. The summed E-state index contributed by atoms with van der Waals surface area (Å²) in [5.41, 5.74) is 5.02. The molecule has 1 atom stereocenters. The zero-order chi connectivity index (χ0) is 13.5. The van der Waals surface area contributed by atoms with Gasteiger partial charge in [-0.3, -0.25) is 10.6 Å². The minimum atomic E-state index is -0.00336. The summed E-state index contributed by atoms with van der Waals surface area (Å²) in [6.07, 6.45) is 3.05. The number of benzene rings is 1. The largest absolute Gasteiger partial charge is 0.349 e. The third-order valence-corrected chi connectivity index (χ3v) is 3.10. The predicted molar refractivity (Wildman–Crippen MR) is 75.4 cm³/mol. The molecule has 0 saturated heterocycles. The van der Waals surface area contributed by atoms with Gasteiger partial charge in [-0.25, -0.2) is 0 Å². The van der Waals surface area contributed by atoms with Crippen molar-refractivity contribution in [1.29, 1.82) is 0 Å². The molecule has 0 aromatic heterocycles. The Balaban J connectivity index is 2.77. The van der Waals surface area contributed by atoms with Crippen LogP contribution in [-0.4, -0.2) is 11.9 Å². The first kappa shape index (κ1) is 14.5. The molecule has 1 unspecified atom stereocenters. The number of hydrogen-bond donors (Lipinski definition) is 3. The van der Waals surface area contributed by atoms with Gasteiger partial charge in [-0.1, -0.05) is 20.3 Å². The fourth-order valence-corrected chi connectivity index (χ4v) is 2.00. The van der Waals surface area contributed by atoms with E-state index in [-0.39, 0.29) is 11.9 Å². The predicted octanol–water partition coefficient (Wildman–Crippen LogP) is 2.59. The van der Waals surface area contributed by atoms with E-state index >= 15 is 0 Å². The van der Waals surface area contributed by atoms with Crippen LogP contribution in [0.3, 0.4) is 0 Å². The lowest BCUT2D eigenvalue weighted by atomic mass is 10.1. The summed E-state index contributed by atoms with van der Waals surface area (Å²) < 4.78 is 0. The average molecular weight is 249 g/mol. The Kier molecular flexibility index (Phi) is 5.65. The highest BCUT2D eigenvalue weighted by Gasteiger charge is 2.13. The van der Waals surface area contributed by atoms with Crippen LogP contribution in [0.5, 0.6) is 0 Å². The van der Waals surface area contributed by atoms with Crippen molar-refractivity contribution in [1.82, 2.24) is 5.32 Å². The van der Waals surface area contributed by atoms with Gasteiger partial charge in [0.2, 0.25) is 0 Å². The molecular weight excluding hydrogens is 226 g/mol. The van der Waals surface area contributed by atoms with Crippen molar-refractivity contribution in [3.8, 4) is 0 Å². The maximum Gasteiger partial charge on any atom is 0.251 e. The monoisotopic (exact) mass is 249 g/mol. The number of hydrazine groups is 1. The fourth-order valence-electron chi connectivity index (χ4n) is 2.00. The number of amides is 1. The van der Waals surface area contributed by atoms with Crippen LogP contribution < -0.4 is 16.6 Å². The molecule has 0 aliphatic heterocycles. The maximum atomic E-state index is 12.1. The Morgan fingerprint density at radius 1 is 1.39 bits per heavy atom. The molecule has 4 nitrogen and oxygen atoms in total. The van der Waals surface area contributed by atoms with Gasteiger partial charge in [0.25, 0.3) is 5.91 Å². The van der Waals surface area contributed by atoms with Crippen LogP contribution in [0.25, 0.3) is 0 Å². The minimum absolute atomic E-state index is 0.00336. The average Bonchev–Trinajstić information content (AvgIpc) is 2.37. The number of anilines is 1. The molecule has 0 bridgehead atoms. The van der Waals surface area contributed by atoms with E-state index in [2.05, 4.69) is 24.6 Å². The Morgan fingerprint density at radius 2 is 2.11 bits per heavy atom. The van der Waals surface area contributed by atoms with Crippen molar-refractivity contribution in [2.45, 2.75) is 46.1 Å². The van der Waals surface area contributed by atoms with Crippen molar-refractivity contribution in [3.63, 3.8) is 0 Å². The highest BCUT2D eigenvalue weighted by atomic mass is 16.1. The highest BCUT2D eigenvalue weighted by molar-refractivity contribution is 5.96. The van der Waals surface area contributed by atoms with E-state index in [0.717, 1.165) is 30.5 Å². The molecule has 0 heterocycles. The molecular formula is C14H23N3O. The van der Waals surface area contributed by atoms with Crippen LogP contribution in [0.1, 0.15) is 49.0 Å². The topological polar surface area (TPSA) is 67.2 Å². The smallest absolute Gasteiger partial charge is 0.251 e. The number of carbonyl (C=O) groups excluding carboxylic acids is 1. The Morgan fingerprint density at radius 3 is 2.61 bits per heavy atom. The van der Waals surface area contributed by atoms with Crippen LogP contribution in [0, 0.1) is 6.92 Å². The summed E-state index contributed by atoms with van der Waals surface area (Å²) >= 11 is 0. The van der Waals surface area contributed by atoms with Crippen molar-refractivity contribution in [2.75, 3.05) is 5.43 Å². The van der Waals surface area contributed by atoms with Crippen molar-refractivity contribution < 1.29 is 4.79 Å². The Labute approximate surface area is 109 Å². The summed E-state index contributed by atoms with van der Waals surface area (Å²) in [6, 6.07) is 5.74. The van der Waals surface area contributed by atoms with Crippen molar-refractivity contribution >= 4 is 11.6 Å². The molecule has 0 spiro atoms. The second-order valence-electron chi connectivity index (χ2n) is 4.54. The molecule has 18 heavy (non-hydrogen) atoms. The lowest BCUT2D eigenvalue weighted by Crippen LogP contribution is -2.34. The summed E-state index contributed by atoms with van der Waals surface area (Å²) in [5.74, 6) is 5.33. The van der Waals surface area contributed by atoms with Gasteiger partial charge in [-0.05, 0) is 43.5 Å². The number of aryl methyl sites for hydroxylation is 1. The lowest BCUT2D eigenvalue weighted by Gasteiger charge is -2.17. The van der Waals surface area contributed by atoms with Crippen LogP contribution in [0.15, 0.2) is 18.2 Å². The van der Waals surface area contributed by atoms with E-state index in [1.807, 2.05) is 19.1 Å². The molecule has 1 aromatic rings. The van der Waals surface area contributed by atoms with E-state index in [9.17, 15) is 4.79 Å². The second-order valence-corrected chi connectivity index (χ2v) is 4.54. The summed E-state index contributed by atoms with van der Waals surface area (Å²) in [6.45, 7) is 6.13. The van der Waals surface area contributed by atoms with Crippen LogP contribution in [-0.2, 0) is 0 Å². The zero-order valence-electron chi connectivity index (χ0n) is 11.4. The molecule has 0 fully saturated rings. The Bertz CT molecular complexity index is 404. The van der Waals surface area contributed by atoms with Crippen LogP contribution in [0.4, 0.5) is 5.69 Å². The molecule has 0 aliphatic rings. The van der Waals surface area contributed by atoms with Gasteiger partial charge in [0, 0.05) is 17.3 Å². The summed E-state index contributed by atoms with van der Waals surface area (Å²) in [7, 11) is 0. The standard InChI is InChI=1S/C14H23N3O/c1-4-6-11(5-2)16-14(18)13-8-7-12(17-15)9-10(13)3/h7-9,11,17H,4-6,15H2,1-3H3,(H,16,18). The Hall–Kier alpha value is -1.55.